The molecule has 18 heavy (non-hydrogen) atoms. The Bertz CT molecular complexity index is 618. The average molecular weight is 275 g/mol. The molecule has 2 aromatic carbocycles. The summed E-state index contributed by atoms with van der Waals surface area (Å²) in [6, 6.07) is 18.0. The van der Waals surface area contributed by atoms with Gasteiger partial charge in [-0.1, -0.05) is 54.2 Å². The van der Waals surface area contributed by atoms with Crippen LogP contribution in [-0.4, -0.2) is 9.97 Å². The quantitative estimate of drug-likeness (QED) is 0.559. The molecule has 0 radical (unpaired) electrons. The Labute approximate surface area is 114 Å². The molecule has 1 unspecified atom stereocenters. The Morgan fingerprint density at radius 3 is 2.50 bits per heavy atom. The van der Waals surface area contributed by atoms with Crippen molar-refractivity contribution in [3.8, 4) is 0 Å². The van der Waals surface area contributed by atoms with Crippen molar-refractivity contribution in [1.29, 1.82) is 0 Å². The van der Waals surface area contributed by atoms with E-state index in [1.165, 1.54) is 11.8 Å². The van der Waals surface area contributed by atoms with Gasteiger partial charge in [0.15, 0.2) is 5.16 Å². The fourth-order valence-corrected chi connectivity index (χ4v) is 2.96. The van der Waals surface area contributed by atoms with E-state index >= 15 is 0 Å². The summed E-state index contributed by atoms with van der Waals surface area (Å²) in [5, 5.41) is 0.847. The van der Waals surface area contributed by atoms with Gasteiger partial charge in [0.2, 0.25) is 0 Å². The van der Waals surface area contributed by atoms with Crippen LogP contribution in [0.15, 0.2) is 59.8 Å². The Balaban J connectivity index is 1.84. The highest BCUT2D eigenvalue weighted by Gasteiger charge is 2.12. The molecule has 90 valence electrons. The number of fused-ring (bicyclic) bond motifs is 1. The van der Waals surface area contributed by atoms with Crippen LogP contribution in [0.3, 0.4) is 0 Å². The lowest BCUT2D eigenvalue weighted by atomic mass is 10.2. The van der Waals surface area contributed by atoms with Crippen molar-refractivity contribution in [1.82, 2.24) is 9.97 Å². The molecular weight excluding hydrogens is 264 g/mol. The highest BCUT2D eigenvalue weighted by molar-refractivity contribution is 8.00. The Morgan fingerprint density at radius 1 is 1.00 bits per heavy atom. The lowest BCUT2D eigenvalue weighted by Crippen LogP contribution is -1.85. The minimum atomic E-state index is -0.133. The fourth-order valence-electron chi connectivity index (χ4n) is 1.76. The number of alkyl halides is 1. The van der Waals surface area contributed by atoms with Crippen LogP contribution in [0.4, 0.5) is 0 Å². The number of nitrogens with one attached hydrogen (secondary N) is 1. The Kier molecular flexibility index (Phi) is 3.26. The fraction of sp³-hybridized carbons (Fsp3) is 0.0714. The molecule has 0 amide bonds. The number of hydrogen-bond donors (Lipinski definition) is 1. The lowest BCUT2D eigenvalue weighted by molar-refractivity contribution is 1.08. The number of hydrogen-bond acceptors (Lipinski definition) is 2. The first-order valence-corrected chi connectivity index (χ1v) is 6.95. The van der Waals surface area contributed by atoms with E-state index in [1.54, 1.807) is 0 Å². The number of aromatic amines is 1. The minimum absolute atomic E-state index is 0.133. The van der Waals surface area contributed by atoms with Crippen molar-refractivity contribution < 1.29 is 0 Å². The van der Waals surface area contributed by atoms with E-state index in [-0.39, 0.29) is 4.71 Å². The van der Waals surface area contributed by atoms with Crippen molar-refractivity contribution >= 4 is 34.4 Å². The molecular formula is C14H11ClN2S. The molecule has 1 heterocycles. The van der Waals surface area contributed by atoms with E-state index in [0.29, 0.717) is 0 Å². The van der Waals surface area contributed by atoms with Crippen LogP contribution in [0.5, 0.6) is 0 Å². The summed E-state index contributed by atoms with van der Waals surface area (Å²) in [5.74, 6) is 0. The zero-order chi connectivity index (χ0) is 12.4. The van der Waals surface area contributed by atoms with Crippen LogP contribution < -0.4 is 0 Å². The molecule has 3 rings (SSSR count). The summed E-state index contributed by atoms with van der Waals surface area (Å²) < 4.78 is -0.133. The second-order valence-corrected chi connectivity index (χ2v) is 5.69. The maximum Gasteiger partial charge on any atom is 0.168 e. The number of rotatable bonds is 3. The van der Waals surface area contributed by atoms with E-state index in [1.807, 2.05) is 54.6 Å². The number of para-hydroxylation sites is 2. The van der Waals surface area contributed by atoms with Crippen LogP contribution in [0.1, 0.15) is 10.3 Å². The van der Waals surface area contributed by atoms with Gasteiger partial charge < -0.3 is 4.98 Å². The van der Waals surface area contributed by atoms with E-state index in [4.69, 9.17) is 11.6 Å². The second kappa shape index (κ2) is 5.04. The number of thioether (sulfide) groups is 1. The van der Waals surface area contributed by atoms with Crippen molar-refractivity contribution in [2.75, 3.05) is 0 Å². The van der Waals surface area contributed by atoms with Gasteiger partial charge in [0.25, 0.3) is 0 Å². The smallest absolute Gasteiger partial charge is 0.168 e. The molecule has 0 aliphatic carbocycles. The molecule has 0 aliphatic rings. The summed E-state index contributed by atoms with van der Waals surface area (Å²) in [4.78, 5) is 7.76. The molecule has 0 spiro atoms. The van der Waals surface area contributed by atoms with Crippen LogP contribution in [0.25, 0.3) is 11.0 Å². The molecule has 0 bridgehead atoms. The van der Waals surface area contributed by atoms with Gasteiger partial charge in [-0.3, -0.25) is 0 Å². The SMILES string of the molecule is ClC(Sc1nc2ccccc2[nH]1)c1ccccc1. The summed E-state index contributed by atoms with van der Waals surface area (Å²) in [6.45, 7) is 0. The number of nitrogens with zero attached hydrogens (tertiary/aromatic N) is 1. The Hall–Kier alpha value is -1.45. The van der Waals surface area contributed by atoms with Crippen molar-refractivity contribution in [3.63, 3.8) is 0 Å². The standard InChI is InChI=1S/C14H11ClN2S/c15-13(10-6-2-1-3-7-10)18-14-16-11-8-4-5-9-12(11)17-14/h1-9,13H,(H,16,17). The highest BCUT2D eigenvalue weighted by Crippen LogP contribution is 2.37. The molecule has 2 nitrogen and oxygen atoms in total. The van der Waals surface area contributed by atoms with Crippen molar-refractivity contribution in [3.05, 3.63) is 60.2 Å². The van der Waals surface area contributed by atoms with Crippen molar-refractivity contribution in [2.24, 2.45) is 0 Å². The van der Waals surface area contributed by atoms with E-state index in [2.05, 4.69) is 9.97 Å². The molecule has 3 aromatic rings. The third-order valence-corrected chi connectivity index (χ3v) is 4.06. The number of benzene rings is 2. The minimum Gasteiger partial charge on any atom is -0.333 e. The topological polar surface area (TPSA) is 28.7 Å². The van der Waals surface area contributed by atoms with Gasteiger partial charge in [-0.15, -0.1) is 11.6 Å². The van der Waals surface area contributed by atoms with Gasteiger partial charge in [-0.05, 0) is 17.7 Å². The maximum absolute atomic E-state index is 6.37. The number of imidazole rings is 1. The van der Waals surface area contributed by atoms with Gasteiger partial charge in [0, 0.05) is 0 Å². The molecule has 0 fully saturated rings. The third-order valence-electron chi connectivity index (χ3n) is 2.64. The molecule has 0 aliphatic heterocycles. The third kappa shape index (κ3) is 2.37. The van der Waals surface area contributed by atoms with Gasteiger partial charge in [0.05, 0.1) is 11.0 Å². The van der Waals surface area contributed by atoms with E-state index in [0.717, 1.165) is 21.8 Å². The first-order valence-electron chi connectivity index (χ1n) is 5.63. The number of H-pyrrole nitrogens is 1. The zero-order valence-corrected chi connectivity index (χ0v) is 11.1. The van der Waals surface area contributed by atoms with Crippen LogP contribution >= 0.6 is 23.4 Å². The predicted octanol–water partition coefficient (Wildman–Crippen LogP) is 4.59. The first kappa shape index (κ1) is 11.6. The lowest BCUT2D eigenvalue weighted by Gasteiger charge is -2.06. The first-order chi connectivity index (χ1) is 8.83. The van der Waals surface area contributed by atoms with Crippen LogP contribution in [0.2, 0.25) is 0 Å². The van der Waals surface area contributed by atoms with E-state index in [9.17, 15) is 0 Å². The van der Waals surface area contributed by atoms with Gasteiger partial charge >= 0.3 is 0 Å². The number of halogens is 1. The largest absolute Gasteiger partial charge is 0.333 e. The van der Waals surface area contributed by atoms with Crippen molar-refractivity contribution in [2.45, 2.75) is 9.87 Å². The van der Waals surface area contributed by atoms with Crippen LogP contribution in [0, 0.1) is 0 Å². The summed E-state index contributed by atoms with van der Waals surface area (Å²) in [7, 11) is 0. The predicted molar refractivity (Wildman–Crippen MR) is 77.0 cm³/mol. The molecule has 0 saturated heterocycles. The normalized spacial score (nSPS) is 12.7. The Morgan fingerprint density at radius 2 is 1.72 bits per heavy atom. The monoisotopic (exact) mass is 274 g/mol. The maximum atomic E-state index is 6.37. The van der Waals surface area contributed by atoms with Gasteiger partial charge in [-0.2, -0.15) is 0 Å². The molecule has 1 atom stereocenters. The second-order valence-electron chi connectivity index (χ2n) is 3.90. The highest BCUT2D eigenvalue weighted by atomic mass is 35.5. The molecule has 0 saturated carbocycles. The van der Waals surface area contributed by atoms with Crippen LogP contribution in [-0.2, 0) is 0 Å². The zero-order valence-electron chi connectivity index (χ0n) is 9.51. The summed E-state index contributed by atoms with van der Waals surface area (Å²) in [6.07, 6.45) is 0. The molecule has 4 heteroatoms. The summed E-state index contributed by atoms with van der Waals surface area (Å²) in [5.41, 5.74) is 3.10. The molecule has 1 aromatic heterocycles. The number of aromatic nitrogens is 2. The summed E-state index contributed by atoms with van der Waals surface area (Å²) >= 11 is 7.89. The van der Waals surface area contributed by atoms with Gasteiger partial charge in [0.1, 0.15) is 4.71 Å². The average Bonchev–Trinajstić information content (AvgIpc) is 2.82. The van der Waals surface area contributed by atoms with E-state index < -0.39 is 0 Å². The molecule has 1 N–H and O–H groups in total. The van der Waals surface area contributed by atoms with Gasteiger partial charge in [-0.25, -0.2) is 4.98 Å².